The maximum absolute atomic E-state index is 14.1. The molecule has 0 radical (unpaired) electrons. The number of pyridine rings is 1. The molecule has 4 aromatic heterocycles. The highest BCUT2D eigenvalue weighted by atomic mass is 79.9. The number of hydrogen-bond acceptors (Lipinski definition) is 6. The van der Waals surface area contributed by atoms with E-state index in [4.69, 9.17) is 4.42 Å². The van der Waals surface area contributed by atoms with Gasteiger partial charge in [0.2, 0.25) is 0 Å². The summed E-state index contributed by atoms with van der Waals surface area (Å²) in [5.74, 6) is -0.992. The summed E-state index contributed by atoms with van der Waals surface area (Å²) in [7, 11) is 0. The topological polar surface area (TPSA) is 105 Å². The molecule has 0 fully saturated rings. The Morgan fingerprint density at radius 2 is 2.23 bits per heavy atom. The molecule has 0 saturated carbocycles. The van der Waals surface area contributed by atoms with E-state index in [2.05, 4.69) is 41.2 Å². The molecule has 1 N–H and O–H groups in total. The van der Waals surface area contributed by atoms with Crippen LogP contribution in [0.3, 0.4) is 0 Å². The number of nitrogens with one attached hydrogen (secondary N) is 1. The van der Waals surface area contributed by atoms with Crippen molar-refractivity contribution in [3.8, 4) is 0 Å². The number of carbonyl (C=O) groups is 1. The highest BCUT2D eigenvalue weighted by Gasteiger charge is 2.39. The number of rotatable bonds is 3. The number of halogens is 2. The highest BCUT2D eigenvalue weighted by molar-refractivity contribution is 9.10. The average Bonchev–Trinajstić information content (AvgIpc) is 3.44. The van der Waals surface area contributed by atoms with Gasteiger partial charge in [0.05, 0.1) is 23.2 Å². The zero-order chi connectivity index (χ0) is 21.0. The first-order valence-electron chi connectivity index (χ1n) is 9.33. The van der Waals surface area contributed by atoms with Gasteiger partial charge in [-0.25, -0.2) is 13.9 Å². The number of fused-ring (bicyclic) bond motifs is 2. The first-order valence-corrected chi connectivity index (χ1v) is 10.1. The summed E-state index contributed by atoms with van der Waals surface area (Å²) in [5.41, 5.74) is 1.32. The molecule has 0 aromatic carbocycles. The fourth-order valence-corrected chi connectivity index (χ4v) is 4.05. The minimum atomic E-state index is -1.84. The molecule has 154 valence electrons. The molecule has 5 rings (SSSR count). The van der Waals surface area contributed by atoms with Gasteiger partial charge in [-0.15, -0.1) is 10.2 Å². The van der Waals surface area contributed by atoms with Crippen LogP contribution in [0.1, 0.15) is 53.5 Å². The lowest BCUT2D eigenvalue weighted by atomic mass is 9.99. The van der Waals surface area contributed by atoms with E-state index in [1.165, 1.54) is 13.8 Å². The van der Waals surface area contributed by atoms with E-state index >= 15 is 0 Å². The van der Waals surface area contributed by atoms with Crippen LogP contribution in [0.5, 0.6) is 0 Å². The summed E-state index contributed by atoms with van der Waals surface area (Å²) in [4.78, 5) is 22.4. The summed E-state index contributed by atoms with van der Waals surface area (Å²) in [5, 5.41) is 12.1. The Labute approximate surface area is 178 Å². The van der Waals surface area contributed by atoms with Crippen LogP contribution in [-0.2, 0) is 12.1 Å². The van der Waals surface area contributed by atoms with Crippen LogP contribution in [0.15, 0.2) is 39.6 Å². The Morgan fingerprint density at radius 3 is 2.97 bits per heavy atom. The van der Waals surface area contributed by atoms with E-state index < -0.39 is 17.6 Å². The number of imidazole rings is 1. The monoisotopic (exact) mass is 473 g/mol. The van der Waals surface area contributed by atoms with Crippen molar-refractivity contribution in [2.75, 3.05) is 6.54 Å². The lowest BCUT2D eigenvalue weighted by Crippen LogP contribution is -2.41. The maximum Gasteiger partial charge on any atom is 0.312 e. The van der Waals surface area contributed by atoms with Crippen LogP contribution in [0.25, 0.3) is 5.52 Å². The van der Waals surface area contributed by atoms with Crippen LogP contribution >= 0.6 is 15.9 Å². The molecule has 0 bridgehead atoms. The second-order valence-corrected chi connectivity index (χ2v) is 8.41. The molecule has 1 atom stereocenters. The number of aromatic nitrogens is 6. The van der Waals surface area contributed by atoms with Gasteiger partial charge < -0.3 is 14.3 Å². The molecule has 1 amide bonds. The Balaban J connectivity index is 1.59. The number of amides is 1. The van der Waals surface area contributed by atoms with Gasteiger partial charge in [0, 0.05) is 29.3 Å². The largest absolute Gasteiger partial charge is 0.413 e. The van der Waals surface area contributed by atoms with Crippen LogP contribution in [0, 0.1) is 0 Å². The van der Waals surface area contributed by atoms with Crippen LogP contribution in [-0.4, -0.2) is 47.1 Å². The molecular formula is C19H17BrFN7O2. The minimum Gasteiger partial charge on any atom is -0.413 e. The summed E-state index contributed by atoms with van der Waals surface area (Å²) in [6.07, 6.45) is 4.02. The Hall–Kier alpha value is -3.08. The predicted octanol–water partition coefficient (Wildman–Crippen LogP) is 3.20. The third-order valence-corrected chi connectivity index (χ3v) is 5.72. The molecular weight excluding hydrogens is 457 g/mol. The first-order chi connectivity index (χ1) is 14.3. The Bertz CT molecular complexity index is 1260. The number of alkyl halides is 1. The molecule has 5 heterocycles. The zero-order valence-corrected chi connectivity index (χ0v) is 17.7. The minimum absolute atomic E-state index is 0.239. The lowest BCUT2D eigenvalue weighted by molar-refractivity contribution is 0.0636. The van der Waals surface area contributed by atoms with Crippen molar-refractivity contribution < 1.29 is 13.6 Å². The quantitative estimate of drug-likeness (QED) is 0.489. The molecule has 1 aliphatic heterocycles. The van der Waals surface area contributed by atoms with Gasteiger partial charge >= 0.3 is 11.8 Å². The van der Waals surface area contributed by atoms with Crippen molar-refractivity contribution in [3.05, 3.63) is 64.1 Å². The molecule has 0 spiro atoms. The van der Waals surface area contributed by atoms with E-state index in [0.717, 1.165) is 15.7 Å². The summed E-state index contributed by atoms with van der Waals surface area (Å²) < 4.78 is 22.1. The molecule has 0 aliphatic carbocycles. The fourth-order valence-electron chi connectivity index (χ4n) is 3.60. The SMILES string of the molecule is CC(C)(F)c1nnc(C(=O)N2CCc3[nH]cnc3[C@@H]2c2cc3c(Br)cccn3n2)o1. The standard InChI is InChI=1S/C19H17BrFN7O2/c1-19(2,21)18-25-24-16(30-18)17(29)27-7-5-11-14(23-9-22-11)15(27)12-8-13-10(20)4-3-6-28(13)26-12/h3-4,6,8-9,15H,5,7H2,1-2H3,(H,22,23)/t15-/m0/s1. The third kappa shape index (κ3) is 3.00. The molecule has 1 aliphatic rings. The van der Waals surface area contributed by atoms with Gasteiger partial charge in [-0.1, -0.05) is 0 Å². The van der Waals surface area contributed by atoms with E-state index in [1.54, 1.807) is 15.7 Å². The number of H-pyrrole nitrogens is 1. The van der Waals surface area contributed by atoms with Gasteiger partial charge in [-0.2, -0.15) is 5.10 Å². The van der Waals surface area contributed by atoms with E-state index in [9.17, 15) is 9.18 Å². The predicted molar refractivity (Wildman–Crippen MR) is 106 cm³/mol. The molecule has 30 heavy (non-hydrogen) atoms. The van der Waals surface area contributed by atoms with E-state index in [-0.39, 0.29) is 11.8 Å². The van der Waals surface area contributed by atoms with Gasteiger partial charge in [0.15, 0.2) is 5.67 Å². The molecule has 0 saturated heterocycles. The van der Waals surface area contributed by atoms with E-state index in [1.807, 2.05) is 24.4 Å². The highest BCUT2D eigenvalue weighted by Crippen LogP contribution is 2.35. The van der Waals surface area contributed by atoms with Gasteiger partial charge in [0.1, 0.15) is 6.04 Å². The summed E-state index contributed by atoms with van der Waals surface area (Å²) in [6.45, 7) is 2.98. The fraction of sp³-hybridized carbons (Fsp3) is 0.316. The Morgan fingerprint density at radius 1 is 1.40 bits per heavy atom. The van der Waals surface area contributed by atoms with E-state index in [0.29, 0.717) is 24.4 Å². The molecule has 4 aromatic rings. The van der Waals surface area contributed by atoms with Crippen molar-refractivity contribution in [2.45, 2.75) is 32.0 Å². The number of aromatic amines is 1. The smallest absolute Gasteiger partial charge is 0.312 e. The summed E-state index contributed by atoms with van der Waals surface area (Å²) in [6, 6.07) is 5.15. The number of nitrogens with zero attached hydrogens (tertiary/aromatic N) is 6. The number of hydrogen-bond donors (Lipinski definition) is 1. The van der Waals surface area contributed by atoms with Crippen LogP contribution < -0.4 is 0 Å². The molecule has 11 heteroatoms. The van der Waals surface area contributed by atoms with Crippen LogP contribution in [0.2, 0.25) is 0 Å². The Kier molecular flexibility index (Phi) is 4.24. The number of carbonyl (C=O) groups excluding carboxylic acids is 1. The first kappa shape index (κ1) is 18.9. The third-order valence-electron chi connectivity index (χ3n) is 5.05. The van der Waals surface area contributed by atoms with Crippen molar-refractivity contribution in [1.82, 2.24) is 34.7 Å². The van der Waals surface area contributed by atoms with Crippen molar-refractivity contribution in [1.29, 1.82) is 0 Å². The lowest BCUT2D eigenvalue weighted by Gasteiger charge is -2.32. The van der Waals surface area contributed by atoms with Gasteiger partial charge in [0.25, 0.3) is 5.89 Å². The molecule has 0 unspecified atom stereocenters. The van der Waals surface area contributed by atoms with Crippen LogP contribution in [0.4, 0.5) is 4.39 Å². The molecule has 9 nitrogen and oxygen atoms in total. The second-order valence-electron chi connectivity index (χ2n) is 7.56. The average molecular weight is 474 g/mol. The van der Waals surface area contributed by atoms with Gasteiger partial charge in [-0.05, 0) is 48.0 Å². The van der Waals surface area contributed by atoms with Crippen molar-refractivity contribution in [2.24, 2.45) is 0 Å². The summed E-state index contributed by atoms with van der Waals surface area (Å²) >= 11 is 3.53. The van der Waals surface area contributed by atoms with Crippen molar-refractivity contribution in [3.63, 3.8) is 0 Å². The maximum atomic E-state index is 14.1. The zero-order valence-electron chi connectivity index (χ0n) is 16.1. The second kappa shape index (κ2) is 6.73. The van der Waals surface area contributed by atoms with Gasteiger partial charge in [-0.3, -0.25) is 4.79 Å². The normalized spacial score (nSPS) is 16.8. The van der Waals surface area contributed by atoms with Crippen molar-refractivity contribution >= 4 is 27.4 Å².